The number of fused-ring (bicyclic) bond motifs is 1. The van der Waals surface area contributed by atoms with E-state index < -0.39 is 26.9 Å². The molecule has 1 aliphatic carbocycles. The van der Waals surface area contributed by atoms with Gasteiger partial charge in [0.2, 0.25) is 5.91 Å². The number of sulfonamides is 1. The quantitative estimate of drug-likeness (QED) is 0.459. The Kier molecular flexibility index (Phi) is 6.64. The summed E-state index contributed by atoms with van der Waals surface area (Å²) in [5.41, 5.74) is 1.39. The minimum Gasteiger partial charge on any atom is -0.494 e. The van der Waals surface area contributed by atoms with Crippen LogP contribution in [0.4, 0.5) is 0 Å². The summed E-state index contributed by atoms with van der Waals surface area (Å²) in [5, 5.41) is 0.471. The number of pyridine rings is 1. The fourth-order valence-corrected chi connectivity index (χ4v) is 5.75. The van der Waals surface area contributed by atoms with Crippen LogP contribution in [-0.2, 0) is 30.6 Å². The maximum atomic E-state index is 13.6. The molecule has 1 heterocycles. The molecule has 2 aromatic carbocycles. The number of hydrogen-bond donors (Lipinski definition) is 1. The lowest BCUT2D eigenvalue weighted by Gasteiger charge is -2.28. The first-order valence-electron chi connectivity index (χ1n) is 11.9. The number of carbonyl (C=O) groups is 1. The molecule has 8 heteroatoms. The van der Waals surface area contributed by atoms with Gasteiger partial charge in [-0.15, -0.1) is 0 Å². The zero-order valence-corrected chi connectivity index (χ0v) is 21.7. The molecule has 0 bridgehead atoms. The Hall–Kier alpha value is -2.97. The maximum absolute atomic E-state index is 13.6. The van der Waals surface area contributed by atoms with Crippen LogP contribution in [0, 0.1) is 6.92 Å². The van der Waals surface area contributed by atoms with Gasteiger partial charge in [-0.2, -0.15) is 0 Å². The van der Waals surface area contributed by atoms with Gasteiger partial charge in [-0.25, -0.2) is 13.1 Å². The first-order chi connectivity index (χ1) is 16.5. The zero-order valence-electron chi connectivity index (χ0n) is 20.8. The highest BCUT2D eigenvalue weighted by Crippen LogP contribution is 2.52. The summed E-state index contributed by atoms with van der Waals surface area (Å²) < 4.78 is 40.8. The lowest BCUT2D eigenvalue weighted by atomic mass is 9.88. The number of nitrogens with zero attached hydrogens (tertiary/aromatic N) is 1. The van der Waals surface area contributed by atoms with Crippen molar-refractivity contribution in [2.24, 2.45) is 0 Å². The fraction of sp³-hybridized carbons (Fsp3) is 0.407. The standard InChI is InChI=1S/C27H32N2O5S/c1-6-33-23-14-12-19(26(4,5)34-7-2)17-21(23)27(15-16-27)25(30)29-35(31,32)24-10-8-9-22-20(24)13-11-18(3)28-22/h8-14,17H,6-7,15-16H2,1-5H3,(H,29,30). The molecule has 1 N–H and O–H groups in total. The van der Waals surface area contributed by atoms with E-state index >= 15 is 0 Å². The van der Waals surface area contributed by atoms with Gasteiger partial charge >= 0.3 is 0 Å². The topological polar surface area (TPSA) is 94.6 Å². The third-order valence-electron chi connectivity index (χ3n) is 6.53. The average molecular weight is 497 g/mol. The smallest absolute Gasteiger partial charge is 0.264 e. The summed E-state index contributed by atoms with van der Waals surface area (Å²) in [7, 11) is -4.13. The summed E-state index contributed by atoms with van der Waals surface area (Å²) in [6.07, 6.45) is 1.06. The van der Waals surface area contributed by atoms with Gasteiger partial charge < -0.3 is 9.47 Å². The highest BCUT2D eigenvalue weighted by Gasteiger charge is 2.54. The van der Waals surface area contributed by atoms with Crippen LogP contribution < -0.4 is 9.46 Å². The molecule has 186 valence electrons. The van der Waals surface area contributed by atoms with Crippen molar-refractivity contribution in [1.82, 2.24) is 9.71 Å². The van der Waals surface area contributed by atoms with Gasteiger partial charge in [-0.1, -0.05) is 12.1 Å². The zero-order chi connectivity index (χ0) is 25.4. The third-order valence-corrected chi connectivity index (χ3v) is 7.92. The van der Waals surface area contributed by atoms with Gasteiger partial charge in [0, 0.05) is 23.3 Å². The minimum atomic E-state index is -4.13. The lowest BCUT2D eigenvalue weighted by molar-refractivity contribution is -0.121. The SMILES string of the molecule is CCOc1ccc(C(C)(C)OCC)cc1C1(C(=O)NS(=O)(=O)c2cccc3nc(C)ccc23)CC1. The molecule has 1 fully saturated rings. The van der Waals surface area contributed by atoms with Crippen LogP contribution in [0.1, 0.15) is 57.4 Å². The van der Waals surface area contributed by atoms with Crippen molar-refractivity contribution >= 4 is 26.8 Å². The number of aryl methyl sites for hydroxylation is 1. The van der Waals surface area contributed by atoms with E-state index in [0.29, 0.717) is 48.3 Å². The number of amides is 1. The van der Waals surface area contributed by atoms with Crippen molar-refractivity contribution in [3.63, 3.8) is 0 Å². The predicted octanol–water partition coefficient (Wildman–Crippen LogP) is 4.75. The van der Waals surface area contributed by atoms with E-state index in [4.69, 9.17) is 9.47 Å². The summed E-state index contributed by atoms with van der Waals surface area (Å²) in [5.74, 6) is 0.0281. The molecule has 1 amide bonds. The molecule has 0 unspecified atom stereocenters. The summed E-state index contributed by atoms with van der Waals surface area (Å²) >= 11 is 0. The Morgan fingerprint density at radius 1 is 1.09 bits per heavy atom. The Morgan fingerprint density at radius 3 is 2.49 bits per heavy atom. The normalized spacial score (nSPS) is 15.1. The molecule has 0 spiro atoms. The minimum absolute atomic E-state index is 0.0305. The van der Waals surface area contributed by atoms with Crippen molar-refractivity contribution in [2.75, 3.05) is 13.2 Å². The van der Waals surface area contributed by atoms with E-state index in [1.807, 2.05) is 52.8 Å². The van der Waals surface area contributed by atoms with Gasteiger partial charge in [0.25, 0.3) is 10.0 Å². The number of nitrogens with one attached hydrogen (secondary N) is 1. The summed E-state index contributed by atoms with van der Waals surface area (Å²) in [4.78, 5) is 18.0. The van der Waals surface area contributed by atoms with E-state index in [0.717, 1.165) is 11.3 Å². The first kappa shape index (κ1) is 25.1. The van der Waals surface area contributed by atoms with Crippen LogP contribution in [0.15, 0.2) is 53.4 Å². The number of ether oxygens (including phenoxy) is 2. The van der Waals surface area contributed by atoms with Crippen LogP contribution in [0.25, 0.3) is 10.9 Å². The predicted molar refractivity (Wildman–Crippen MR) is 135 cm³/mol. The van der Waals surface area contributed by atoms with Crippen molar-refractivity contribution in [2.45, 2.75) is 63.4 Å². The van der Waals surface area contributed by atoms with Crippen molar-refractivity contribution in [3.8, 4) is 5.75 Å². The molecular formula is C27H32N2O5S. The van der Waals surface area contributed by atoms with Gasteiger partial charge in [0.05, 0.1) is 28.0 Å². The van der Waals surface area contributed by atoms with E-state index in [-0.39, 0.29) is 4.90 Å². The number of rotatable bonds is 9. The monoisotopic (exact) mass is 496 g/mol. The molecule has 0 radical (unpaired) electrons. The van der Waals surface area contributed by atoms with E-state index in [1.165, 1.54) is 6.07 Å². The van der Waals surface area contributed by atoms with Gasteiger partial charge in [-0.3, -0.25) is 9.78 Å². The van der Waals surface area contributed by atoms with E-state index in [9.17, 15) is 13.2 Å². The molecular weight excluding hydrogens is 464 g/mol. The van der Waals surface area contributed by atoms with Crippen LogP contribution >= 0.6 is 0 Å². The number of aromatic nitrogens is 1. The van der Waals surface area contributed by atoms with Crippen LogP contribution in [0.3, 0.4) is 0 Å². The maximum Gasteiger partial charge on any atom is 0.264 e. The second kappa shape index (κ2) is 9.24. The van der Waals surface area contributed by atoms with E-state index in [2.05, 4.69) is 9.71 Å². The Morgan fingerprint density at radius 2 is 1.83 bits per heavy atom. The average Bonchev–Trinajstić information content (AvgIpc) is 3.60. The second-order valence-corrected chi connectivity index (χ2v) is 11.0. The number of benzene rings is 2. The molecule has 1 aromatic heterocycles. The molecule has 7 nitrogen and oxygen atoms in total. The van der Waals surface area contributed by atoms with E-state index in [1.54, 1.807) is 24.3 Å². The van der Waals surface area contributed by atoms with Crippen molar-refractivity contribution < 1.29 is 22.7 Å². The molecule has 0 saturated heterocycles. The van der Waals surface area contributed by atoms with Crippen LogP contribution in [0.5, 0.6) is 5.75 Å². The summed E-state index contributed by atoms with van der Waals surface area (Å²) in [6.45, 7) is 10.6. The van der Waals surface area contributed by atoms with Crippen LogP contribution in [-0.4, -0.2) is 32.5 Å². The third kappa shape index (κ3) is 4.77. The Balaban J connectivity index is 1.72. The molecule has 0 atom stereocenters. The second-order valence-electron chi connectivity index (χ2n) is 9.38. The Labute approximate surface area is 206 Å². The molecule has 3 aromatic rings. The fourth-order valence-electron chi connectivity index (χ4n) is 4.49. The summed E-state index contributed by atoms with van der Waals surface area (Å²) in [6, 6.07) is 14.0. The molecule has 1 saturated carbocycles. The van der Waals surface area contributed by atoms with Gasteiger partial charge in [0.15, 0.2) is 0 Å². The molecule has 1 aliphatic rings. The highest BCUT2D eigenvalue weighted by molar-refractivity contribution is 7.90. The van der Waals surface area contributed by atoms with Crippen LogP contribution in [0.2, 0.25) is 0 Å². The first-order valence-corrected chi connectivity index (χ1v) is 13.4. The Bertz CT molecular complexity index is 1380. The largest absolute Gasteiger partial charge is 0.494 e. The molecule has 0 aliphatic heterocycles. The van der Waals surface area contributed by atoms with Gasteiger partial charge in [-0.05, 0) is 89.4 Å². The van der Waals surface area contributed by atoms with Gasteiger partial charge in [0.1, 0.15) is 5.75 Å². The lowest BCUT2D eigenvalue weighted by Crippen LogP contribution is -2.39. The number of hydrogen-bond acceptors (Lipinski definition) is 6. The highest BCUT2D eigenvalue weighted by atomic mass is 32.2. The van der Waals surface area contributed by atoms with Crippen molar-refractivity contribution in [3.05, 3.63) is 65.4 Å². The molecule has 4 rings (SSSR count). The number of carbonyl (C=O) groups excluding carboxylic acids is 1. The molecule has 35 heavy (non-hydrogen) atoms. The van der Waals surface area contributed by atoms with Crippen molar-refractivity contribution in [1.29, 1.82) is 0 Å².